The minimum atomic E-state index is -3.43. The average molecular weight is 511 g/mol. The molecule has 0 aliphatic heterocycles. The number of sulfonamides is 1. The predicted molar refractivity (Wildman–Crippen MR) is 123 cm³/mol. The molecular formula is C18H34IN5O2S. The maximum atomic E-state index is 11.9. The fourth-order valence-electron chi connectivity index (χ4n) is 2.76. The molecule has 0 saturated heterocycles. The van der Waals surface area contributed by atoms with Crippen LogP contribution in [0, 0.1) is 0 Å². The van der Waals surface area contributed by atoms with Crippen molar-refractivity contribution in [3.05, 3.63) is 29.8 Å². The van der Waals surface area contributed by atoms with Crippen LogP contribution in [0.2, 0.25) is 0 Å². The summed E-state index contributed by atoms with van der Waals surface area (Å²) in [5, 5.41) is 6.52. The third-order valence-corrected chi connectivity index (χ3v) is 5.56. The Morgan fingerprint density at radius 3 is 2.30 bits per heavy atom. The van der Waals surface area contributed by atoms with Gasteiger partial charge in [-0.3, -0.25) is 9.89 Å². The van der Waals surface area contributed by atoms with Crippen LogP contribution >= 0.6 is 24.0 Å². The molecule has 1 aromatic rings. The minimum absolute atomic E-state index is 0. The van der Waals surface area contributed by atoms with Crippen LogP contribution < -0.4 is 15.4 Å². The van der Waals surface area contributed by atoms with Crippen molar-refractivity contribution in [2.24, 2.45) is 4.99 Å². The molecule has 0 radical (unpaired) electrons. The van der Waals surface area contributed by atoms with E-state index in [0.29, 0.717) is 24.6 Å². The zero-order chi connectivity index (χ0) is 19.7. The molecule has 1 rings (SSSR count). The Balaban J connectivity index is 0.00000676. The summed E-state index contributed by atoms with van der Waals surface area (Å²) in [6.45, 7) is 11.0. The van der Waals surface area contributed by atoms with Crippen LogP contribution in [0.15, 0.2) is 34.2 Å². The summed E-state index contributed by atoms with van der Waals surface area (Å²) in [6, 6.07) is 7.84. The molecule has 1 aromatic carbocycles. The second kappa shape index (κ2) is 12.5. The van der Waals surface area contributed by atoms with Crippen LogP contribution in [0.1, 0.15) is 33.3 Å². The largest absolute Gasteiger partial charge is 0.355 e. The fraction of sp³-hybridized carbons (Fsp3) is 0.611. The number of guanidine groups is 1. The van der Waals surface area contributed by atoms with Crippen molar-refractivity contribution in [1.29, 1.82) is 0 Å². The van der Waals surface area contributed by atoms with Crippen LogP contribution in [0.4, 0.5) is 0 Å². The molecule has 9 heteroatoms. The highest BCUT2D eigenvalue weighted by Gasteiger charge is 2.13. The molecule has 0 aliphatic carbocycles. The lowest BCUT2D eigenvalue weighted by atomic mass is 10.2. The third kappa shape index (κ3) is 8.75. The van der Waals surface area contributed by atoms with E-state index < -0.39 is 10.0 Å². The van der Waals surface area contributed by atoms with Gasteiger partial charge in [0.25, 0.3) is 0 Å². The number of rotatable bonds is 9. The molecule has 0 heterocycles. The van der Waals surface area contributed by atoms with Gasteiger partial charge in [0, 0.05) is 38.8 Å². The average Bonchev–Trinajstić information content (AvgIpc) is 2.60. The van der Waals surface area contributed by atoms with Gasteiger partial charge < -0.3 is 10.6 Å². The van der Waals surface area contributed by atoms with Gasteiger partial charge in [0.05, 0.1) is 4.90 Å². The molecule has 0 aliphatic rings. The molecule has 0 fully saturated rings. The predicted octanol–water partition coefficient (Wildman–Crippen LogP) is 2.00. The van der Waals surface area contributed by atoms with E-state index in [1.165, 1.54) is 7.05 Å². The van der Waals surface area contributed by atoms with Gasteiger partial charge in [-0.2, -0.15) is 0 Å². The van der Waals surface area contributed by atoms with Crippen LogP contribution in [0.5, 0.6) is 0 Å². The fourth-order valence-corrected chi connectivity index (χ4v) is 3.56. The Labute approximate surface area is 181 Å². The Morgan fingerprint density at radius 1 is 1.15 bits per heavy atom. The van der Waals surface area contributed by atoms with Crippen molar-refractivity contribution < 1.29 is 8.42 Å². The number of hydrogen-bond donors (Lipinski definition) is 3. The Hall–Kier alpha value is -0.910. The van der Waals surface area contributed by atoms with E-state index in [0.717, 1.165) is 18.7 Å². The number of aliphatic imine (C=N–C) groups is 1. The Bertz CT molecular complexity index is 685. The van der Waals surface area contributed by atoms with Gasteiger partial charge in [0.1, 0.15) is 0 Å². The maximum Gasteiger partial charge on any atom is 0.240 e. The zero-order valence-corrected chi connectivity index (χ0v) is 20.3. The van der Waals surface area contributed by atoms with Gasteiger partial charge >= 0.3 is 0 Å². The van der Waals surface area contributed by atoms with E-state index in [1.807, 2.05) is 6.07 Å². The van der Waals surface area contributed by atoms with Crippen LogP contribution in [0.3, 0.4) is 0 Å². The standard InChI is InChI=1S/C18H33N5O2S.HI/c1-14(2)23(15(3)4)11-10-21-18(19-5)22-13-16-8-7-9-17(12-16)26(24,25)20-6;/h7-9,12,14-15,20H,10-11,13H2,1-6H3,(H2,19,21,22);1H. The summed E-state index contributed by atoms with van der Waals surface area (Å²) < 4.78 is 26.1. The van der Waals surface area contributed by atoms with Gasteiger partial charge in [0.2, 0.25) is 10.0 Å². The van der Waals surface area contributed by atoms with Crippen LogP contribution in [0.25, 0.3) is 0 Å². The first kappa shape index (κ1) is 26.1. The van der Waals surface area contributed by atoms with E-state index in [9.17, 15) is 8.42 Å². The van der Waals surface area contributed by atoms with Crippen molar-refractivity contribution in [1.82, 2.24) is 20.3 Å². The van der Waals surface area contributed by atoms with Gasteiger partial charge in [-0.15, -0.1) is 24.0 Å². The lowest BCUT2D eigenvalue weighted by Gasteiger charge is -2.30. The third-order valence-electron chi connectivity index (χ3n) is 4.15. The van der Waals surface area contributed by atoms with Gasteiger partial charge in [0.15, 0.2) is 5.96 Å². The maximum absolute atomic E-state index is 11.9. The zero-order valence-electron chi connectivity index (χ0n) is 17.1. The summed E-state index contributed by atoms with van der Waals surface area (Å²) in [6.07, 6.45) is 0. The molecule has 0 unspecified atom stereocenters. The second-order valence-corrected chi connectivity index (χ2v) is 8.52. The minimum Gasteiger partial charge on any atom is -0.355 e. The number of nitrogens with zero attached hydrogens (tertiary/aromatic N) is 2. The molecule has 0 bridgehead atoms. The molecule has 3 N–H and O–H groups in total. The Kier molecular flexibility index (Phi) is 12.1. The molecule has 0 amide bonds. The molecular weight excluding hydrogens is 477 g/mol. The van der Waals surface area contributed by atoms with Gasteiger partial charge in [-0.1, -0.05) is 12.1 Å². The van der Waals surface area contributed by atoms with E-state index in [4.69, 9.17) is 0 Å². The number of hydrogen-bond acceptors (Lipinski definition) is 4. The van der Waals surface area contributed by atoms with E-state index in [2.05, 4.69) is 52.9 Å². The molecule has 27 heavy (non-hydrogen) atoms. The smallest absolute Gasteiger partial charge is 0.240 e. The molecule has 7 nitrogen and oxygen atoms in total. The molecule has 0 atom stereocenters. The van der Waals surface area contributed by atoms with E-state index in [1.54, 1.807) is 25.2 Å². The van der Waals surface area contributed by atoms with Crippen molar-refractivity contribution in [3.63, 3.8) is 0 Å². The van der Waals surface area contributed by atoms with Crippen molar-refractivity contribution in [3.8, 4) is 0 Å². The van der Waals surface area contributed by atoms with E-state index in [-0.39, 0.29) is 28.9 Å². The highest BCUT2D eigenvalue weighted by molar-refractivity contribution is 14.0. The normalized spacial score (nSPS) is 12.4. The summed E-state index contributed by atoms with van der Waals surface area (Å²) >= 11 is 0. The summed E-state index contributed by atoms with van der Waals surface area (Å²) in [5.41, 5.74) is 0.871. The van der Waals surface area contributed by atoms with Crippen molar-refractivity contribution in [2.45, 2.75) is 51.2 Å². The van der Waals surface area contributed by atoms with Crippen LogP contribution in [-0.2, 0) is 16.6 Å². The first-order valence-electron chi connectivity index (χ1n) is 8.94. The van der Waals surface area contributed by atoms with E-state index >= 15 is 0 Å². The van der Waals surface area contributed by atoms with Gasteiger partial charge in [-0.05, 0) is 52.4 Å². The highest BCUT2D eigenvalue weighted by Crippen LogP contribution is 2.11. The highest BCUT2D eigenvalue weighted by atomic mass is 127. The van der Waals surface area contributed by atoms with Crippen molar-refractivity contribution in [2.75, 3.05) is 27.2 Å². The van der Waals surface area contributed by atoms with Crippen molar-refractivity contribution >= 4 is 40.0 Å². The first-order chi connectivity index (χ1) is 12.2. The first-order valence-corrected chi connectivity index (χ1v) is 10.4. The molecule has 0 spiro atoms. The number of halogens is 1. The molecule has 0 aromatic heterocycles. The Morgan fingerprint density at radius 2 is 1.78 bits per heavy atom. The summed E-state index contributed by atoms with van der Waals surface area (Å²) in [7, 11) is -0.306. The number of benzene rings is 1. The lowest BCUT2D eigenvalue weighted by molar-refractivity contribution is 0.178. The summed E-state index contributed by atoms with van der Waals surface area (Å²) in [4.78, 5) is 6.89. The van der Waals surface area contributed by atoms with Gasteiger partial charge in [-0.25, -0.2) is 13.1 Å². The monoisotopic (exact) mass is 511 g/mol. The molecule has 156 valence electrons. The quantitative estimate of drug-likeness (QED) is 0.268. The number of nitrogens with one attached hydrogen (secondary N) is 3. The SMILES string of the molecule is CN=C(NCCN(C(C)C)C(C)C)NCc1cccc(S(=O)(=O)NC)c1.I. The topological polar surface area (TPSA) is 85.8 Å². The summed E-state index contributed by atoms with van der Waals surface area (Å²) in [5.74, 6) is 0.694. The van der Waals surface area contributed by atoms with Crippen LogP contribution in [-0.4, -0.2) is 58.5 Å². The second-order valence-electron chi connectivity index (χ2n) is 6.63. The lowest BCUT2D eigenvalue weighted by Crippen LogP contribution is -2.45. The molecule has 0 saturated carbocycles.